The number of carbonyl (C=O) groups excluding carboxylic acids is 1. The van der Waals surface area contributed by atoms with Crippen molar-refractivity contribution >= 4 is 15.7 Å². The van der Waals surface area contributed by atoms with Gasteiger partial charge in [-0.25, -0.2) is 17.2 Å². The fourth-order valence-electron chi connectivity index (χ4n) is 6.87. The normalized spacial score (nSPS) is 27.9. The second-order valence-electron chi connectivity index (χ2n) is 11.8. The van der Waals surface area contributed by atoms with Gasteiger partial charge in [-0.15, -0.1) is 0 Å². The average molecular weight is 586 g/mol. The van der Waals surface area contributed by atoms with Gasteiger partial charge in [0, 0.05) is 19.0 Å². The highest BCUT2D eigenvalue weighted by Crippen LogP contribution is 2.60. The van der Waals surface area contributed by atoms with Crippen molar-refractivity contribution in [1.82, 2.24) is 4.90 Å². The number of benzene rings is 2. The van der Waals surface area contributed by atoms with Crippen LogP contribution in [0.1, 0.15) is 62.6 Å². The van der Waals surface area contributed by atoms with E-state index in [1.807, 2.05) is 0 Å². The number of sulfone groups is 1. The fraction of sp³-hybridized carbons (Fsp3) is 0.552. The molecule has 1 heterocycles. The number of aliphatic hydroxyl groups is 1. The Kier molecular flexibility index (Phi) is 6.89. The van der Waals surface area contributed by atoms with Crippen LogP contribution in [0.5, 0.6) is 0 Å². The third-order valence-electron chi connectivity index (χ3n) is 9.34. The van der Waals surface area contributed by atoms with Crippen LogP contribution in [0.25, 0.3) is 0 Å². The molecule has 1 N–H and O–H groups in total. The number of amides is 1. The molecule has 1 amide bonds. The van der Waals surface area contributed by atoms with Gasteiger partial charge in [0.2, 0.25) is 11.6 Å². The summed E-state index contributed by atoms with van der Waals surface area (Å²) in [5, 5.41) is 10.3. The Labute approximate surface area is 230 Å². The molecule has 4 atom stereocenters. The lowest BCUT2D eigenvalue weighted by Crippen LogP contribution is -2.50. The van der Waals surface area contributed by atoms with Gasteiger partial charge in [-0.1, -0.05) is 18.2 Å². The van der Waals surface area contributed by atoms with Gasteiger partial charge in [0.1, 0.15) is 10.6 Å². The summed E-state index contributed by atoms with van der Waals surface area (Å²) >= 11 is 0. The van der Waals surface area contributed by atoms with E-state index >= 15 is 0 Å². The molecule has 5 nitrogen and oxygen atoms in total. The van der Waals surface area contributed by atoms with Crippen LogP contribution in [-0.2, 0) is 31.5 Å². The number of alkyl halides is 4. The Morgan fingerprint density at radius 3 is 2.23 bits per heavy atom. The second kappa shape index (κ2) is 9.51. The molecule has 2 fully saturated rings. The number of rotatable bonds is 4. The number of halogens is 5. The van der Waals surface area contributed by atoms with Crippen molar-refractivity contribution in [3.8, 4) is 0 Å². The van der Waals surface area contributed by atoms with Crippen molar-refractivity contribution in [2.75, 3.05) is 13.1 Å². The van der Waals surface area contributed by atoms with E-state index in [1.165, 1.54) is 6.07 Å². The number of likely N-dealkylation sites (tertiary alicyclic amines) is 1. The highest BCUT2D eigenvalue weighted by molar-refractivity contribution is 7.92. The number of hydrogen-bond donors (Lipinski definition) is 1. The first-order chi connectivity index (χ1) is 18.5. The third-order valence-corrected chi connectivity index (χ3v) is 11.9. The molecule has 2 aliphatic carbocycles. The summed E-state index contributed by atoms with van der Waals surface area (Å²) in [5.41, 5.74) is -4.56. The molecule has 40 heavy (non-hydrogen) atoms. The predicted octanol–water partition coefficient (Wildman–Crippen LogP) is 5.59. The van der Waals surface area contributed by atoms with E-state index in [9.17, 15) is 40.3 Å². The SMILES string of the molecule is CC1(O)CCN(C(=O)[C@@H]2CC[C@@]3(S(=O)(=O)c4ccc(F)cc4)c4ccc(C(C)(F)C(F)(F)F)cc4CC[C@@H]23)CC1. The molecule has 1 saturated carbocycles. The van der Waals surface area contributed by atoms with Crippen molar-refractivity contribution in [3.05, 3.63) is 65.0 Å². The maximum absolute atomic E-state index is 14.9. The minimum absolute atomic E-state index is 0.0395. The van der Waals surface area contributed by atoms with Crippen LogP contribution < -0.4 is 0 Å². The Hall–Kier alpha value is -2.53. The molecule has 2 aromatic carbocycles. The van der Waals surface area contributed by atoms with E-state index in [4.69, 9.17) is 0 Å². The Morgan fingerprint density at radius 2 is 1.62 bits per heavy atom. The summed E-state index contributed by atoms with van der Waals surface area (Å²) in [7, 11) is -4.28. The lowest BCUT2D eigenvalue weighted by molar-refractivity contribution is -0.228. The van der Waals surface area contributed by atoms with Gasteiger partial charge in [-0.05, 0) is 99.2 Å². The zero-order chi connectivity index (χ0) is 29.3. The largest absolute Gasteiger partial charge is 0.426 e. The molecule has 0 radical (unpaired) electrons. The molecule has 1 unspecified atom stereocenters. The van der Waals surface area contributed by atoms with E-state index in [0.717, 1.165) is 36.4 Å². The number of carbonyl (C=O) groups is 1. The average Bonchev–Trinajstić information content (AvgIpc) is 3.29. The lowest BCUT2D eigenvalue weighted by atomic mass is 9.72. The molecule has 5 rings (SSSR count). The van der Waals surface area contributed by atoms with Crippen molar-refractivity contribution in [1.29, 1.82) is 0 Å². The molecule has 3 aliphatic rings. The second-order valence-corrected chi connectivity index (χ2v) is 14.0. The van der Waals surface area contributed by atoms with Crippen molar-refractivity contribution < 1.29 is 40.3 Å². The zero-order valence-corrected chi connectivity index (χ0v) is 23.1. The van der Waals surface area contributed by atoms with Crippen LogP contribution >= 0.6 is 0 Å². The first-order valence-corrected chi connectivity index (χ1v) is 14.9. The van der Waals surface area contributed by atoms with Gasteiger partial charge in [0.05, 0.1) is 10.5 Å². The van der Waals surface area contributed by atoms with Crippen LogP contribution in [0, 0.1) is 17.7 Å². The topological polar surface area (TPSA) is 74.7 Å². The molecule has 1 aliphatic heterocycles. The molecule has 0 aromatic heterocycles. The quantitative estimate of drug-likeness (QED) is 0.375. The highest BCUT2D eigenvalue weighted by Gasteiger charge is 2.62. The minimum atomic E-state index is -5.17. The number of aryl methyl sites for hydroxylation is 1. The van der Waals surface area contributed by atoms with Crippen LogP contribution in [0.2, 0.25) is 0 Å². The monoisotopic (exact) mass is 585 g/mol. The van der Waals surface area contributed by atoms with E-state index in [0.29, 0.717) is 38.4 Å². The zero-order valence-electron chi connectivity index (χ0n) is 22.3. The standard InChI is InChI=1S/C29H32F5NO4S/c1-26(37)13-15-35(16-14-26)25(36)22-11-12-28(40(38,39)21-7-5-20(30)6-8-21)23-10-4-19(27(2,31)29(32,33)34)17-18(23)3-9-24(22)28/h4-8,10,17,22,24,37H,3,9,11-16H2,1-2H3/t22-,24+,27?,28-/m1/s1. The van der Waals surface area contributed by atoms with E-state index in [1.54, 1.807) is 11.8 Å². The molecular weight excluding hydrogens is 553 g/mol. The van der Waals surface area contributed by atoms with E-state index in [2.05, 4.69) is 0 Å². The summed E-state index contributed by atoms with van der Waals surface area (Å²) in [5.74, 6) is -2.18. The highest BCUT2D eigenvalue weighted by atomic mass is 32.2. The van der Waals surface area contributed by atoms with Gasteiger partial charge < -0.3 is 10.0 Å². The molecule has 2 aromatic rings. The molecular formula is C29H32F5NO4S. The van der Waals surface area contributed by atoms with E-state index in [-0.39, 0.29) is 42.0 Å². The summed E-state index contributed by atoms with van der Waals surface area (Å²) in [6.45, 7) is 2.81. The third kappa shape index (κ3) is 4.44. The molecule has 0 spiro atoms. The Bertz CT molecular complexity index is 1410. The summed E-state index contributed by atoms with van der Waals surface area (Å²) in [6, 6.07) is 7.72. The van der Waals surface area contributed by atoms with Gasteiger partial charge in [0.15, 0.2) is 9.84 Å². The van der Waals surface area contributed by atoms with Crippen LogP contribution in [-0.4, -0.2) is 49.2 Å². The molecule has 218 valence electrons. The fourth-order valence-corrected chi connectivity index (χ4v) is 9.34. The van der Waals surface area contributed by atoms with Crippen molar-refractivity contribution in [3.63, 3.8) is 0 Å². The number of fused-ring (bicyclic) bond motifs is 3. The first-order valence-electron chi connectivity index (χ1n) is 13.4. The van der Waals surface area contributed by atoms with Gasteiger partial charge in [-0.2, -0.15) is 13.2 Å². The van der Waals surface area contributed by atoms with Gasteiger partial charge >= 0.3 is 6.18 Å². The first kappa shape index (κ1) is 29.0. The smallest absolute Gasteiger partial charge is 0.390 e. The van der Waals surface area contributed by atoms with E-state index < -0.39 is 55.2 Å². The number of piperidine rings is 1. The molecule has 0 bridgehead atoms. The number of nitrogens with zero attached hydrogens (tertiary/aromatic N) is 1. The van der Waals surface area contributed by atoms with Crippen LogP contribution in [0.4, 0.5) is 22.0 Å². The van der Waals surface area contributed by atoms with Crippen LogP contribution in [0.3, 0.4) is 0 Å². The van der Waals surface area contributed by atoms with Crippen molar-refractivity contribution in [2.24, 2.45) is 11.8 Å². The van der Waals surface area contributed by atoms with Gasteiger partial charge in [0.25, 0.3) is 0 Å². The summed E-state index contributed by atoms with van der Waals surface area (Å²) in [4.78, 5) is 15.3. The maximum atomic E-state index is 14.9. The maximum Gasteiger partial charge on any atom is 0.426 e. The van der Waals surface area contributed by atoms with Gasteiger partial charge in [-0.3, -0.25) is 4.79 Å². The Morgan fingerprint density at radius 1 is 1.00 bits per heavy atom. The predicted molar refractivity (Wildman–Crippen MR) is 137 cm³/mol. The Balaban J connectivity index is 1.61. The van der Waals surface area contributed by atoms with Crippen molar-refractivity contribution in [2.45, 2.75) is 79.5 Å². The summed E-state index contributed by atoms with van der Waals surface area (Å²) in [6.07, 6.45) is -3.72. The lowest BCUT2D eigenvalue weighted by Gasteiger charge is -2.43. The number of hydrogen-bond acceptors (Lipinski definition) is 4. The molecule has 1 saturated heterocycles. The van der Waals surface area contributed by atoms with Crippen LogP contribution in [0.15, 0.2) is 47.4 Å². The summed E-state index contributed by atoms with van der Waals surface area (Å²) < 4.78 is 96.2. The molecule has 11 heteroatoms. The minimum Gasteiger partial charge on any atom is -0.390 e.